The lowest BCUT2D eigenvalue weighted by molar-refractivity contribution is -0.175. The van der Waals surface area contributed by atoms with E-state index in [2.05, 4.69) is 47.5 Å². The molecule has 17 aliphatic rings. The number of fused-ring (bicyclic) bond motifs is 7. The Kier molecular flexibility index (Phi) is 27.0. The van der Waals surface area contributed by atoms with E-state index in [0.717, 1.165) is 54.5 Å². The fourth-order valence-corrected chi connectivity index (χ4v) is 23.9. The van der Waals surface area contributed by atoms with Crippen LogP contribution in [-0.2, 0) is 33.6 Å². The molecule has 13 N–H and O–H groups in total. The molecule has 13 saturated carbocycles. The molecule has 137 heavy (non-hydrogen) atoms. The maximum Gasteiger partial charge on any atom is 0.280 e. The lowest BCUT2D eigenvalue weighted by atomic mass is 9.38. The molecule has 29 nitrogen and oxygen atoms in total. The minimum atomic E-state index is -0.864. The quantitative estimate of drug-likeness (QED) is 0.0239. The van der Waals surface area contributed by atoms with Crippen LogP contribution in [0, 0.1) is 38.9 Å². The smallest absolute Gasteiger partial charge is 0.280 e. The van der Waals surface area contributed by atoms with Gasteiger partial charge < -0.3 is 101 Å². The first-order valence-electron chi connectivity index (χ1n) is 45.9. The maximum atomic E-state index is 13.7. The lowest BCUT2D eigenvalue weighted by Gasteiger charge is -2.70. The largest absolute Gasteiger partial charge is 0.484 e. The van der Waals surface area contributed by atoms with Gasteiger partial charge in [-0.25, -0.2) is 9.37 Å². The minimum absolute atomic E-state index is 0.0583. The number of aliphatic hydroxyl groups excluding tert-OH is 5. The number of ketones is 1. The van der Waals surface area contributed by atoms with Crippen LogP contribution in [0.1, 0.15) is 214 Å². The molecule has 13 aliphatic carbocycles. The van der Waals surface area contributed by atoms with E-state index < -0.39 is 59.9 Å². The molecule has 8 aromatic rings. The molecule has 5 heterocycles. The number of benzene rings is 7. The number of aliphatic hydroxyl groups is 5. The molecule has 37 heteroatoms. The first-order chi connectivity index (χ1) is 65.1. The highest BCUT2D eigenvalue weighted by atomic mass is 35.5. The van der Waals surface area contributed by atoms with E-state index in [1.54, 1.807) is 116 Å². The van der Waals surface area contributed by atoms with Gasteiger partial charge in [-0.05, 0) is 268 Å². The van der Waals surface area contributed by atoms with Crippen LogP contribution >= 0.6 is 80.9 Å². The number of thiazole rings is 1. The molecule has 9 atom stereocenters. The third kappa shape index (κ3) is 20.9. The summed E-state index contributed by atoms with van der Waals surface area (Å²) in [6.07, 6.45) is 5.87. The zero-order chi connectivity index (χ0) is 96.8. The number of amides is 7. The van der Waals surface area contributed by atoms with Crippen molar-refractivity contribution in [3.63, 3.8) is 0 Å². The van der Waals surface area contributed by atoms with Crippen molar-refractivity contribution in [1.82, 2.24) is 47.5 Å². The fourth-order valence-electron chi connectivity index (χ4n) is 22.2. The predicted octanol–water partition coefficient (Wildman–Crippen LogP) is 13.8. The highest BCUT2D eigenvalue weighted by Crippen LogP contribution is 2.69. The van der Waals surface area contributed by atoms with Crippen LogP contribution in [0.25, 0.3) is 0 Å². The first kappa shape index (κ1) is 97.4. The third-order valence-corrected chi connectivity index (χ3v) is 31.9. The van der Waals surface area contributed by atoms with E-state index >= 15 is 0 Å². The Morgan fingerprint density at radius 1 is 0.438 bits per heavy atom. The predicted molar refractivity (Wildman–Crippen MR) is 507 cm³/mol. The standard InChI is InChI=1S/C29H32ClFN2O5.2C24H24Cl2N2O5.C23H26ClN3O5S/c1-17-2-4-19(9-21(17)31)37-12-26(36)33-29-13-27(14-29,15-29)11-23(35)25-10-22(32-28(16-34)6-7-28)20-8-18(30)3-5-24(20)38-25;2*1-13-6-15(3-4-17(13)26)32-9-21(30)27-23-10-24(11-23,12-23)28-22(31)20-8-18(29)16-7-14(25)2-5-19(16)33-20;1-12-11-33-21(25-12)20(31)26-22-4-6-23(7-5-22,18(29)10-22)27-19(30)17-9-15(28)14-8-13(24)2-3-16(14)32-17/h2-5,8-9,22,25,32,34H,6-7,10-16H2,1H3,(H,33,36);2*2-7,18,20,29H,8-12H2,1H3,(H,27,30)(H,28,31);2-3,8,11,15,17-18,28-29H,4-7,9-10H2,1H3,(H,26,31)(H,27,30)/t22-,25+,27?,29?;2*18-,20+,23?,24?;15-,17-,18+,22?,23?/m0101/s1. The van der Waals surface area contributed by atoms with Crippen molar-refractivity contribution in [1.29, 1.82) is 0 Å². The van der Waals surface area contributed by atoms with Crippen LogP contribution in [0.4, 0.5) is 4.39 Å². The number of nitrogens with zero attached hydrogens (tertiary/aromatic N) is 1. The Bertz CT molecular complexity index is 5880. The Morgan fingerprint density at radius 2 is 0.832 bits per heavy atom. The van der Waals surface area contributed by atoms with Crippen molar-refractivity contribution in [2.45, 2.75) is 262 Å². The number of aryl methyl sites for hydroxylation is 4. The molecule has 4 aliphatic heterocycles. The molecule has 7 amide bonds. The second-order valence-corrected chi connectivity index (χ2v) is 43.4. The molecule has 8 bridgehead atoms. The molecule has 1 aromatic heterocycles. The number of ether oxygens (including phenoxy) is 7. The molecule has 7 aromatic carbocycles. The summed E-state index contributed by atoms with van der Waals surface area (Å²) in [4.78, 5) is 106. The van der Waals surface area contributed by atoms with Crippen LogP contribution in [0.5, 0.6) is 40.2 Å². The monoisotopic (exact) mass is 2010 g/mol. The Hall–Kier alpha value is -9.84. The van der Waals surface area contributed by atoms with Crippen molar-refractivity contribution < 1.29 is 101 Å². The molecular formula is C100H106Cl6FN9O20S. The van der Waals surface area contributed by atoms with Crippen LogP contribution in [0.3, 0.4) is 0 Å². The van der Waals surface area contributed by atoms with Crippen molar-refractivity contribution in [2.24, 2.45) is 5.41 Å². The minimum Gasteiger partial charge on any atom is -0.484 e. The molecule has 0 radical (unpaired) electrons. The number of carbonyl (C=O) groups excluding carboxylic acids is 8. The van der Waals surface area contributed by atoms with Gasteiger partial charge >= 0.3 is 0 Å². The number of nitrogens with one attached hydrogen (secondary N) is 8. The molecular weight excluding hydrogens is 1910 g/mol. The number of halogens is 7. The molecule has 0 spiro atoms. The summed E-state index contributed by atoms with van der Waals surface area (Å²) >= 11 is 37.5. The van der Waals surface area contributed by atoms with Gasteiger partial charge in [0.05, 0.1) is 36.6 Å². The summed E-state index contributed by atoms with van der Waals surface area (Å²) < 4.78 is 53.9. The highest BCUT2D eigenvalue weighted by molar-refractivity contribution is 7.11. The van der Waals surface area contributed by atoms with Crippen LogP contribution in [-0.4, -0.2) is 179 Å². The van der Waals surface area contributed by atoms with E-state index in [9.17, 15) is 68.3 Å². The summed E-state index contributed by atoms with van der Waals surface area (Å²) in [7, 11) is 0. The first-order valence-corrected chi connectivity index (χ1v) is 49.1. The van der Waals surface area contributed by atoms with Gasteiger partial charge in [0.1, 0.15) is 46.1 Å². The number of aromatic nitrogens is 1. The van der Waals surface area contributed by atoms with Crippen LogP contribution < -0.4 is 75.7 Å². The Labute approximate surface area is 823 Å². The maximum absolute atomic E-state index is 13.7. The Balaban J connectivity index is 0.000000122. The zero-order valence-electron chi connectivity index (χ0n) is 75.4. The number of carbonyl (C=O) groups is 8. The second-order valence-electron chi connectivity index (χ2n) is 40.0. The molecule has 13 fully saturated rings. The third-order valence-electron chi connectivity index (χ3n) is 29.2. The average molecular weight is 2020 g/mol. The number of Topliss-reactive ketones (excluding diaryl/α,β-unsaturated/α-hetero) is 1. The van der Waals surface area contributed by atoms with E-state index in [0.29, 0.717) is 181 Å². The van der Waals surface area contributed by atoms with Crippen molar-refractivity contribution in [3.8, 4) is 40.2 Å². The molecule has 726 valence electrons. The van der Waals surface area contributed by atoms with Crippen LogP contribution in [0.2, 0.25) is 30.1 Å². The van der Waals surface area contributed by atoms with E-state index in [1.165, 1.54) is 17.4 Å². The lowest BCUT2D eigenvalue weighted by Crippen LogP contribution is -2.84. The summed E-state index contributed by atoms with van der Waals surface area (Å²) in [5.41, 5.74) is 2.59. The van der Waals surface area contributed by atoms with Crippen LogP contribution in [0.15, 0.2) is 133 Å². The van der Waals surface area contributed by atoms with Crippen molar-refractivity contribution >= 4 is 128 Å². The number of hydrogen-bond acceptors (Lipinski definition) is 23. The number of rotatable bonds is 26. The summed E-state index contributed by atoms with van der Waals surface area (Å²) in [6.45, 7) is 6.97. The molecule has 25 rings (SSSR count). The van der Waals surface area contributed by atoms with Gasteiger partial charge in [0.25, 0.3) is 41.4 Å². The van der Waals surface area contributed by atoms with Gasteiger partial charge in [-0.1, -0.05) is 75.7 Å². The van der Waals surface area contributed by atoms with E-state index in [4.69, 9.17) is 103 Å². The van der Waals surface area contributed by atoms with Crippen molar-refractivity contribution in [2.75, 3.05) is 26.4 Å². The molecule has 0 saturated heterocycles. The highest BCUT2D eigenvalue weighted by Gasteiger charge is 2.72. The van der Waals surface area contributed by atoms with Gasteiger partial charge in [-0.3, -0.25) is 38.4 Å². The zero-order valence-corrected chi connectivity index (χ0v) is 80.8. The average Bonchev–Trinajstić information content (AvgIpc) is 1.47. The Morgan fingerprint density at radius 3 is 1.23 bits per heavy atom. The van der Waals surface area contributed by atoms with Gasteiger partial charge in [-0.15, -0.1) is 11.3 Å². The van der Waals surface area contributed by atoms with E-state index in [-0.39, 0.29) is 143 Å². The van der Waals surface area contributed by atoms with E-state index in [1.807, 2.05) is 38.3 Å². The summed E-state index contributed by atoms with van der Waals surface area (Å²) in [5, 5.41) is 82.7. The van der Waals surface area contributed by atoms with Gasteiger partial charge in [-0.2, -0.15) is 0 Å². The fraction of sp³-hybridized carbons (Fsp3) is 0.470. The molecule has 0 unspecified atom stereocenters. The van der Waals surface area contributed by atoms with Gasteiger partial charge in [0.15, 0.2) is 55.0 Å². The normalized spacial score (nSPS) is 30.0. The second kappa shape index (κ2) is 38.0. The summed E-state index contributed by atoms with van der Waals surface area (Å²) in [6, 6.07) is 35.3. The number of hydrogen-bond donors (Lipinski definition) is 13. The SMILES string of the molecule is Cc1cc(OCC(=O)NC23CC(NC(=O)[C@@H]4C[C@@H](O)c5cc(Cl)ccc5O4)(C2)C3)ccc1Cl.Cc1cc(OCC(=O)NC23CC(NC(=O)[C@H]4C[C@H](O)c5cc(Cl)ccc5O4)(C2)C3)ccc1Cl.Cc1ccc(OCC(=O)NC23CC(CC(=O)[C@H]4C[C@H](NC5(CO)CC5)c5cc(Cl)ccc5O4)(C2)C3)cc1F.Cc1csc(C(=O)NC23CCC(NC(=O)[C@H]4C[C@@H](O)c5cc(Cl)ccc5O4)(CC2)[C@@H](O)C3)n1. The van der Waals surface area contributed by atoms with Gasteiger partial charge in [0, 0.05) is 146 Å². The topological polar surface area (TPSA) is 411 Å². The van der Waals surface area contributed by atoms with Crippen molar-refractivity contribution in [3.05, 3.63) is 218 Å². The summed E-state index contributed by atoms with van der Waals surface area (Å²) in [5.74, 6) is 1.49. The van der Waals surface area contributed by atoms with Gasteiger partial charge in [0.2, 0.25) is 0 Å².